The van der Waals surface area contributed by atoms with E-state index in [-0.39, 0.29) is 11.1 Å². The van der Waals surface area contributed by atoms with Crippen LogP contribution in [-0.4, -0.2) is 24.0 Å². The van der Waals surface area contributed by atoms with Gasteiger partial charge in [0.05, 0.1) is 5.02 Å². The van der Waals surface area contributed by atoms with Crippen molar-refractivity contribution >= 4 is 23.3 Å². The van der Waals surface area contributed by atoms with Crippen molar-refractivity contribution in [2.75, 3.05) is 18.4 Å². The van der Waals surface area contributed by atoms with E-state index in [0.717, 1.165) is 25.9 Å². The molecule has 0 bridgehead atoms. The quantitative estimate of drug-likeness (QED) is 0.820. The van der Waals surface area contributed by atoms with E-state index in [2.05, 4.69) is 5.32 Å². The second kappa shape index (κ2) is 5.36. The molecule has 1 heterocycles. The van der Waals surface area contributed by atoms with Gasteiger partial charge in [-0.15, -0.1) is 0 Å². The molecule has 1 saturated heterocycles. The van der Waals surface area contributed by atoms with Crippen molar-refractivity contribution in [3.05, 3.63) is 29.0 Å². The smallest absolute Gasteiger partial charge is 0.321 e. The number of carbonyl (C=O) groups is 1. The van der Waals surface area contributed by atoms with Crippen molar-refractivity contribution in [3.63, 3.8) is 0 Å². The molecule has 5 heteroatoms. The maximum Gasteiger partial charge on any atom is 0.321 e. The molecule has 2 rings (SSSR count). The van der Waals surface area contributed by atoms with E-state index in [9.17, 15) is 9.18 Å². The number of hydrogen-bond donors (Lipinski definition) is 1. The minimum atomic E-state index is -0.484. The van der Waals surface area contributed by atoms with Gasteiger partial charge < -0.3 is 10.2 Å². The summed E-state index contributed by atoms with van der Waals surface area (Å²) in [7, 11) is 0. The van der Waals surface area contributed by atoms with Crippen LogP contribution in [0, 0.1) is 5.82 Å². The predicted molar refractivity (Wildman–Crippen MR) is 65.9 cm³/mol. The average Bonchev–Trinajstić information content (AvgIpc) is 2.35. The Morgan fingerprint density at radius 2 is 2.00 bits per heavy atom. The molecule has 1 aliphatic heterocycles. The van der Waals surface area contributed by atoms with E-state index in [1.54, 1.807) is 4.90 Å². The molecule has 1 fully saturated rings. The molecule has 1 N–H and O–H groups in total. The molecule has 0 aliphatic carbocycles. The van der Waals surface area contributed by atoms with E-state index in [4.69, 9.17) is 11.6 Å². The first-order valence-electron chi connectivity index (χ1n) is 5.68. The SMILES string of the molecule is O=C(Nc1ccc(F)c(Cl)c1)N1CCCCC1. The average molecular weight is 257 g/mol. The van der Waals surface area contributed by atoms with Crippen LogP contribution in [0.3, 0.4) is 0 Å². The lowest BCUT2D eigenvalue weighted by molar-refractivity contribution is 0.200. The van der Waals surface area contributed by atoms with Crippen molar-refractivity contribution in [2.24, 2.45) is 0 Å². The zero-order chi connectivity index (χ0) is 12.3. The number of piperidine rings is 1. The van der Waals surface area contributed by atoms with E-state index in [0.29, 0.717) is 5.69 Å². The third-order valence-electron chi connectivity index (χ3n) is 2.81. The van der Waals surface area contributed by atoms with Crippen molar-refractivity contribution in [1.82, 2.24) is 4.90 Å². The minimum Gasteiger partial charge on any atom is -0.325 e. The van der Waals surface area contributed by atoms with E-state index < -0.39 is 5.82 Å². The summed E-state index contributed by atoms with van der Waals surface area (Å²) in [5, 5.41) is 2.73. The van der Waals surface area contributed by atoms with Gasteiger partial charge in [-0.25, -0.2) is 9.18 Å². The summed E-state index contributed by atoms with van der Waals surface area (Å²) in [4.78, 5) is 13.6. The van der Waals surface area contributed by atoms with E-state index in [1.165, 1.54) is 24.6 Å². The zero-order valence-electron chi connectivity index (χ0n) is 9.38. The van der Waals surface area contributed by atoms with Crippen LogP contribution in [0.4, 0.5) is 14.9 Å². The largest absolute Gasteiger partial charge is 0.325 e. The summed E-state index contributed by atoms with van der Waals surface area (Å²) in [6.45, 7) is 1.56. The number of hydrogen-bond acceptors (Lipinski definition) is 1. The number of nitrogens with zero attached hydrogens (tertiary/aromatic N) is 1. The first kappa shape index (κ1) is 12.2. The van der Waals surface area contributed by atoms with Gasteiger partial charge >= 0.3 is 6.03 Å². The number of halogens is 2. The fourth-order valence-corrected chi connectivity index (χ4v) is 2.05. The molecule has 0 saturated carbocycles. The highest BCUT2D eigenvalue weighted by molar-refractivity contribution is 6.31. The molecule has 1 aromatic carbocycles. The van der Waals surface area contributed by atoms with Crippen LogP contribution in [0.1, 0.15) is 19.3 Å². The number of benzene rings is 1. The zero-order valence-corrected chi connectivity index (χ0v) is 10.1. The van der Waals surface area contributed by atoms with E-state index >= 15 is 0 Å². The summed E-state index contributed by atoms with van der Waals surface area (Å²) in [6, 6.07) is 4.02. The Morgan fingerprint density at radius 3 is 2.65 bits per heavy atom. The van der Waals surface area contributed by atoms with Crippen molar-refractivity contribution in [3.8, 4) is 0 Å². The molecule has 0 unspecified atom stereocenters. The van der Waals surface area contributed by atoms with Crippen molar-refractivity contribution < 1.29 is 9.18 Å². The van der Waals surface area contributed by atoms with Crippen molar-refractivity contribution in [1.29, 1.82) is 0 Å². The normalized spacial score (nSPS) is 15.8. The molecule has 3 nitrogen and oxygen atoms in total. The number of urea groups is 1. The van der Waals surface area contributed by atoms with Gasteiger partial charge in [0.15, 0.2) is 0 Å². The first-order chi connectivity index (χ1) is 8.16. The molecule has 1 aliphatic rings. The number of rotatable bonds is 1. The Bertz CT molecular complexity index is 419. The highest BCUT2D eigenvalue weighted by atomic mass is 35.5. The second-order valence-electron chi connectivity index (χ2n) is 4.11. The number of nitrogens with one attached hydrogen (secondary N) is 1. The number of likely N-dealkylation sites (tertiary alicyclic amines) is 1. The fourth-order valence-electron chi connectivity index (χ4n) is 1.87. The lowest BCUT2D eigenvalue weighted by Gasteiger charge is -2.26. The van der Waals surface area contributed by atoms with Crippen molar-refractivity contribution in [2.45, 2.75) is 19.3 Å². The number of anilines is 1. The number of carbonyl (C=O) groups excluding carboxylic acids is 1. The summed E-state index contributed by atoms with van der Waals surface area (Å²) < 4.78 is 12.9. The molecule has 1 aromatic rings. The van der Waals surface area contributed by atoms with Crippen LogP contribution in [0.15, 0.2) is 18.2 Å². The van der Waals surface area contributed by atoms with Gasteiger partial charge in [-0.3, -0.25) is 0 Å². The monoisotopic (exact) mass is 256 g/mol. The van der Waals surface area contributed by atoms with Gasteiger partial charge in [0, 0.05) is 18.8 Å². The Kier molecular flexibility index (Phi) is 3.84. The lowest BCUT2D eigenvalue weighted by Crippen LogP contribution is -2.38. The Hall–Kier alpha value is -1.29. The molecule has 17 heavy (non-hydrogen) atoms. The molecule has 2 amide bonds. The van der Waals surface area contributed by atoms with Crippen LogP contribution in [0.2, 0.25) is 5.02 Å². The van der Waals surface area contributed by atoms with Crippen LogP contribution < -0.4 is 5.32 Å². The standard InChI is InChI=1S/C12H14ClFN2O/c13-10-8-9(4-5-11(10)14)15-12(17)16-6-2-1-3-7-16/h4-5,8H,1-3,6-7H2,(H,15,17). The molecule has 0 atom stereocenters. The Morgan fingerprint density at radius 1 is 1.29 bits per heavy atom. The fraction of sp³-hybridized carbons (Fsp3) is 0.417. The van der Waals surface area contributed by atoms with Gasteiger partial charge in [0.25, 0.3) is 0 Å². The van der Waals surface area contributed by atoms with E-state index in [1.807, 2.05) is 0 Å². The lowest BCUT2D eigenvalue weighted by atomic mass is 10.1. The summed E-state index contributed by atoms with van der Waals surface area (Å²) in [6.07, 6.45) is 3.25. The van der Waals surface area contributed by atoms with Gasteiger partial charge in [0.1, 0.15) is 5.82 Å². The van der Waals surface area contributed by atoms with Crippen LogP contribution in [-0.2, 0) is 0 Å². The second-order valence-corrected chi connectivity index (χ2v) is 4.51. The summed E-state index contributed by atoms with van der Waals surface area (Å²) >= 11 is 5.64. The molecule has 0 spiro atoms. The molecular formula is C12H14ClFN2O. The highest BCUT2D eigenvalue weighted by Crippen LogP contribution is 2.20. The van der Waals surface area contributed by atoms with Gasteiger partial charge in [-0.05, 0) is 37.5 Å². The number of amides is 2. The van der Waals surface area contributed by atoms with Gasteiger partial charge in [-0.2, -0.15) is 0 Å². The van der Waals surface area contributed by atoms with Crippen LogP contribution >= 0.6 is 11.6 Å². The van der Waals surface area contributed by atoms with Gasteiger partial charge in [0.2, 0.25) is 0 Å². The molecule has 0 radical (unpaired) electrons. The predicted octanol–water partition coefficient (Wildman–Crippen LogP) is 3.50. The third kappa shape index (κ3) is 3.09. The Labute approximate surface area is 105 Å². The third-order valence-corrected chi connectivity index (χ3v) is 3.10. The summed E-state index contributed by atoms with van der Waals surface area (Å²) in [5.74, 6) is -0.484. The molecule has 0 aromatic heterocycles. The Balaban J connectivity index is 1.99. The molecular weight excluding hydrogens is 243 g/mol. The summed E-state index contributed by atoms with van der Waals surface area (Å²) in [5.41, 5.74) is 0.520. The highest BCUT2D eigenvalue weighted by Gasteiger charge is 2.16. The van der Waals surface area contributed by atoms with Crippen LogP contribution in [0.25, 0.3) is 0 Å². The molecule has 92 valence electrons. The van der Waals surface area contributed by atoms with Crippen LogP contribution in [0.5, 0.6) is 0 Å². The maximum absolute atomic E-state index is 12.9. The first-order valence-corrected chi connectivity index (χ1v) is 6.05. The maximum atomic E-state index is 12.9. The topological polar surface area (TPSA) is 32.3 Å². The van der Waals surface area contributed by atoms with Gasteiger partial charge in [-0.1, -0.05) is 11.6 Å². The minimum absolute atomic E-state index is 0.0152.